The number of likely N-dealkylation sites (N-methyl/N-ethyl adjacent to an activating group) is 1. The third-order valence-corrected chi connectivity index (χ3v) is 5.98. The van der Waals surface area contributed by atoms with Crippen LogP contribution in [0.2, 0.25) is 0 Å². The quantitative estimate of drug-likeness (QED) is 0.221. The van der Waals surface area contributed by atoms with E-state index in [0.29, 0.717) is 17.0 Å². The van der Waals surface area contributed by atoms with Crippen LogP contribution in [0.1, 0.15) is 36.2 Å². The molecular formula is C21H27BN4O9. The first-order chi connectivity index (χ1) is 16.6. The van der Waals surface area contributed by atoms with Gasteiger partial charge in [0.15, 0.2) is 0 Å². The minimum absolute atomic E-state index is 0.00848. The SMILES string of the molecule is CCC(O)[C@@H](NC(=O)N1CCN(CC)C(=O)C1=O)C(=O)N[C@H]1Cc2cccc(C(=O)O)c2OB1O. The minimum atomic E-state index is -1.59. The van der Waals surface area contributed by atoms with Crippen LogP contribution in [0.4, 0.5) is 4.79 Å². The van der Waals surface area contributed by atoms with E-state index in [1.807, 2.05) is 0 Å². The number of piperazine rings is 1. The van der Waals surface area contributed by atoms with Crippen molar-refractivity contribution in [1.29, 1.82) is 0 Å². The number of aromatic carboxylic acids is 1. The number of carbonyl (C=O) groups excluding carboxylic acids is 4. The van der Waals surface area contributed by atoms with E-state index in [9.17, 15) is 39.2 Å². The number of rotatable bonds is 7. The number of carbonyl (C=O) groups is 5. The van der Waals surface area contributed by atoms with Gasteiger partial charge in [-0.05, 0) is 31.4 Å². The number of amides is 5. The smallest absolute Gasteiger partial charge is 0.534 e. The van der Waals surface area contributed by atoms with Gasteiger partial charge in [0.2, 0.25) is 5.91 Å². The lowest BCUT2D eigenvalue weighted by atomic mass is 9.72. The number of nitrogens with zero attached hydrogens (tertiary/aromatic N) is 2. The standard InChI is InChI=1S/C21H27BN4O9/c1-3-13(27)15(24-21(33)26-9-8-25(4-2)18(29)19(26)30)17(28)23-14-10-11-6-5-7-12(20(31)32)16(11)35-22(14)34/h5-7,13-15,27,34H,3-4,8-10H2,1-2H3,(H,23,28)(H,24,33)(H,31,32)/t13?,14-,15+/m0/s1. The molecule has 1 unspecified atom stereocenters. The number of nitrogens with one attached hydrogen (secondary N) is 2. The minimum Gasteiger partial charge on any atom is -0.534 e. The van der Waals surface area contributed by atoms with E-state index in [0.717, 1.165) is 0 Å². The summed E-state index contributed by atoms with van der Waals surface area (Å²) >= 11 is 0. The molecule has 13 nitrogen and oxygen atoms in total. The molecular weight excluding hydrogens is 463 g/mol. The van der Waals surface area contributed by atoms with E-state index < -0.39 is 54.9 Å². The summed E-state index contributed by atoms with van der Waals surface area (Å²) in [5.41, 5.74) is 0.301. The molecule has 188 valence electrons. The zero-order valence-corrected chi connectivity index (χ0v) is 19.3. The van der Waals surface area contributed by atoms with Crippen molar-refractivity contribution in [3.8, 4) is 5.75 Å². The summed E-state index contributed by atoms with van der Waals surface area (Å²) in [6, 6.07) is 1.90. The summed E-state index contributed by atoms with van der Waals surface area (Å²) in [7, 11) is -1.59. The Hall–Kier alpha value is -3.65. The normalized spacial score (nSPS) is 19.4. The highest BCUT2D eigenvalue weighted by Crippen LogP contribution is 2.30. The molecule has 0 saturated carbocycles. The Kier molecular flexibility index (Phi) is 7.97. The number of hydrogen-bond acceptors (Lipinski definition) is 8. The Morgan fingerprint density at radius 3 is 2.54 bits per heavy atom. The van der Waals surface area contributed by atoms with E-state index >= 15 is 0 Å². The van der Waals surface area contributed by atoms with Gasteiger partial charge in [-0.1, -0.05) is 19.1 Å². The van der Waals surface area contributed by atoms with Crippen molar-refractivity contribution in [2.45, 2.75) is 44.8 Å². The van der Waals surface area contributed by atoms with Crippen LogP contribution in [0.3, 0.4) is 0 Å². The molecule has 1 fully saturated rings. The number of imide groups is 1. The maximum atomic E-state index is 13.0. The van der Waals surface area contributed by atoms with Gasteiger partial charge in [0.25, 0.3) is 0 Å². The Balaban J connectivity index is 1.72. The second-order valence-corrected chi connectivity index (χ2v) is 8.17. The molecule has 35 heavy (non-hydrogen) atoms. The van der Waals surface area contributed by atoms with Crippen molar-refractivity contribution >= 4 is 36.8 Å². The summed E-state index contributed by atoms with van der Waals surface area (Å²) in [5.74, 6) is -5.00. The van der Waals surface area contributed by atoms with Gasteiger partial charge in [-0.2, -0.15) is 0 Å². The highest BCUT2D eigenvalue weighted by atomic mass is 16.5. The zero-order chi connectivity index (χ0) is 25.9. The molecule has 1 aromatic rings. The van der Waals surface area contributed by atoms with Crippen molar-refractivity contribution in [2.75, 3.05) is 19.6 Å². The topological polar surface area (TPSA) is 186 Å². The van der Waals surface area contributed by atoms with Gasteiger partial charge in [0.1, 0.15) is 11.8 Å². The molecule has 5 N–H and O–H groups in total. The monoisotopic (exact) mass is 490 g/mol. The van der Waals surface area contributed by atoms with E-state index in [-0.39, 0.29) is 37.2 Å². The highest BCUT2D eigenvalue weighted by Gasteiger charge is 2.41. The number of fused-ring (bicyclic) bond motifs is 1. The molecule has 1 saturated heterocycles. The van der Waals surface area contributed by atoms with E-state index in [1.165, 1.54) is 17.0 Å². The average Bonchev–Trinajstić information content (AvgIpc) is 2.83. The van der Waals surface area contributed by atoms with Crippen LogP contribution in [-0.4, -0.2) is 99.6 Å². The number of carboxylic acid groups (broad SMARTS) is 1. The molecule has 3 rings (SSSR count). The van der Waals surface area contributed by atoms with Crippen LogP contribution in [0.25, 0.3) is 0 Å². The van der Waals surface area contributed by atoms with Gasteiger partial charge in [-0.15, -0.1) is 0 Å². The van der Waals surface area contributed by atoms with Crippen molar-refractivity contribution in [3.05, 3.63) is 29.3 Å². The number of benzene rings is 1. The summed E-state index contributed by atoms with van der Waals surface area (Å²) < 4.78 is 5.34. The molecule has 0 aliphatic carbocycles. The molecule has 0 bridgehead atoms. The second-order valence-electron chi connectivity index (χ2n) is 8.17. The summed E-state index contributed by atoms with van der Waals surface area (Å²) in [6.45, 7) is 3.66. The first-order valence-electron chi connectivity index (χ1n) is 11.2. The third-order valence-electron chi connectivity index (χ3n) is 5.98. The zero-order valence-electron chi connectivity index (χ0n) is 19.3. The molecule has 2 aliphatic rings. The van der Waals surface area contributed by atoms with E-state index in [4.69, 9.17) is 4.65 Å². The lowest BCUT2D eigenvalue weighted by Gasteiger charge is -2.34. The number of para-hydroxylation sites is 1. The van der Waals surface area contributed by atoms with Gasteiger partial charge < -0.3 is 35.4 Å². The summed E-state index contributed by atoms with van der Waals surface area (Å²) in [5, 5.41) is 34.9. The van der Waals surface area contributed by atoms with Crippen LogP contribution in [-0.2, 0) is 20.8 Å². The molecule has 0 spiro atoms. The molecule has 3 atom stereocenters. The average molecular weight is 490 g/mol. The van der Waals surface area contributed by atoms with E-state index in [1.54, 1.807) is 19.9 Å². The highest BCUT2D eigenvalue weighted by molar-refractivity contribution is 6.47. The lowest BCUT2D eigenvalue weighted by Crippen LogP contribution is -2.63. The predicted octanol–water partition coefficient (Wildman–Crippen LogP) is -1.64. The Labute approximate surface area is 201 Å². The molecule has 14 heteroatoms. The second kappa shape index (κ2) is 10.7. The van der Waals surface area contributed by atoms with Crippen molar-refractivity contribution in [1.82, 2.24) is 20.4 Å². The fraction of sp³-hybridized carbons (Fsp3) is 0.476. The van der Waals surface area contributed by atoms with Gasteiger partial charge in [0.05, 0.1) is 17.6 Å². The van der Waals surface area contributed by atoms with Crippen LogP contribution in [0.15, 0.2) is 18.2 Å². The van der Waals surface area contributed by atoms with Crippen molar-refractivity contribution < 1.29 is 43.9 Å². The number of carboxylic acids is 1. The summed E-state index contributed by atoms with van der Waals surface area (Å²) in [6.07, 6.45) is -1.24. The van der Waals surface area contributed by atoms with Gasteiger partial charge in [0, 0.05) is 19.6 Å². The van der Waals surface area contributed by atoms with Crippen LogP contribution in [0.5, 0.6) is 5.75 Å². The number of urea groups is 1. The Bertz CT molecular complexity index is 1040. The molecule has 2 heterocycles. The molecule has 5 amide bonds. The molecule has 2 aliphatic heterocycles. The summed E-state index contributed by atoms with van der Waals surface area (Å²) in [4.78, 5) is 63.4. The number of aliphatic hydroxyl groups excluding tert-OH is 1. The van der Waals surface area contributed by atoms with Gasteiger partial charge in [-0.3, -0.25) is 19.3 Å². The fourth-order valence-corrected chi connectivity index (χ4v) is 3.94. The maximum Gasteiger partial charge on any atom is 0.547 e. The van der Waals surface area contributed by atoms with Gasteiger partial charge >= 0.3 is 30.9 Å². The maximum absolute atomic E-state index is 13.0. The Morgan fingerprint density at radius 2 is 1.91 bits per heavy atom. The lowest BCUT2D eigenvalue weighted by molar-refractivity contribution is -0.153. The van der Waals surface area contributed by atoms with E-state index in [2.05, 4.69) is 10.6 Å². The fourth-order valence-electron chi connectivity index (χ4n) is 3.94. The van der Waals surface area contributed by atoms with Crippen molar-refractivity contribution in [3.63, 3.8) is 0 Å². The van der Waals surface area contributed by atoms with Gasteiger partial charge in [-0.25, -0.2) is 9.59 Å². The largest absolute Gasteiger partial charge is 0.547 e. The number of aliphatic hydroxyl groups is 1. The first kappa shape index (κ1) is 26.0. The van der Waals surface area contributed by atoms with Crippen molar-refractivity contribution in [2.24, 2.45) is 0 Å². The predicted molar refractivity (Wildman–Crippen MR) is 120 cm³/mol. The molecule has 1 aromatic carbocycles. The Morgan fingerprint density at radius 1 is 1.20 bits per heavy atom. The first-order valence-corrected chi connectivity index (χ1v) is 11.2. The number of hydrogen-bond donors (Lipinski definition) is 5. The third kappa shape index (κ3) is 5.38. The van der Waals surface area contributed by atoms with Crippen LogP contribution < -0.4 is 15.3 Å². The molecule has 0 aromatic heterocycles. The van der Waals surface area contributed by atoms with Crippen LogP contribution in [0, 0.1) is 0 Å². The van der Waals surface area contributed by atoms with Crippen LogP contribution >= 0.6 is 0 Å². The molecule has 0 radical (unpaired) electrons.